The molecule has 4 rings (SSSR count). The Labute approximate surface area is 208 Å². The van der Waals surface area contributed by atoms with Crippen molar-refractivity contribution >= 4 is 17.6 Å². The minimum Gasteiger partial charge on any atom is -0.379 e. The number of amides is 3. The van der Waals surface area contributed by atoms with Gasteiger partial charge in [0.1, 0.15) is 0 Å². The topological polar surface area (TPSA) is 73.9 Å². The number of anilines is 1. The summed E-state index contributed by atoms with van der Waals surface area (Å²) in [6.45, 7) is 8.70. The quantitative estimate of drug-likeness (QED) is 0.560. The summed E-state index contributed by atoms with van der Waals surface area (Å²) in [4.78, 5) is 29.9. The second-order valence-corrected chi connectivity index (χ2v) is 9.45. The van der Waals surface area contributed by atoms with Crippen LogP contribution in [-0.2, 0) is 11.2 Å². The lowest BCUT2D eigenvalue weighted by molar-refractivity contribution is 0.0374. The minimum absolute atomic E-state index is 0.0326. The van der Waals surface area contributed by atoms with Gasteiger partial charge in [-0.05, 0) is 67.6 Å². The molecule has 3 amide bonds. The van der Waals surface area contributed by atoms with E-state index in [1.807, 2.05) is 47.4 Å². The first kappa shape index (κ1) is 25.2. The number of carbonyl (C=O) groups excluding carboxylic acids is 2. The third-order valence-corrected chi connectivity index (χ3v) is 6.98. The standard InChI is InChI=1S/C28H38N4O3/c1-2-22-9-11-26(12-10-22)30-28(34)32-15-4-8-25(21-32)23-6-3-7-24(20-23)27(33)29-13-5-14-31-16-18-35-19-17-31/h3,6-7,9-12,20,25H,2,4-5,8,13-19,21H2,1H3,(H,29,33)(H,30,34). The zero-order valence-corrected chi connectivity index (χ0v) is 20.8. The maximum Gasteiger partial charge on any atom is 0.321 e. The number of hydrogen-bond donors (Lipinski definition) is 2. The molecule has 2 N–H and O–H groups in total. The molecule has 0 aromatic heterocycles. The van der Waals surface area contributed by atoms with Crippen LogP contribution < -0.4 is 10.6 Å². The van der Waals surface area contributed by atoms with Crippen molar-refractivity contribution in [1.82, 2.24) is 15.1 Å². The number of morpholine rings is 1. The van der Waals surface area contributed by atoms with Crippen molar-refractivity contribution in [2.45, 2.75) is 38.5 Å². The van der Waals surface area contributed by atoms with Crippen LogP contribution in [0.25, 0.3) is 0 Å². The highest BCUT2D eigenvalue weighted by molar-refractivity contribution is 5.94. The van der Waals surface area contributed by atoms with Crippen molar-refractivity contribution in [1.29, 1.82) is 0 Å². The summed E-state index contributed by atoms with van der Waals surface area (Å²) in [5.41, 5.74) is 3.88. The Morgan fingerprint density at radius 1 is 1.06 bits per heavy atom. The number of rotatable bonds is 8. The molecule has 2 aliphatic rings. The lowest BCUT2D eigenvalue weighted by Crippen LogP contribution is -2.41. The first-order chi connectivity index (χ1) is 17.1. The fourth-order valence-electron chi connectivity index (χ4n) is 4.83. The van der Waals surface area contributed by atoms with Crippen LogP contribution in [0.2, 0.25) is 0 Å². The van der Waals surface area contributed by atoms with E-state index in [2.05, 4.69) is 28.5 Å². The van der Waals surface area contributed by atoms with E-state index in [0.717, 1.165) is 76.3 Å². The van der Waals surface area contributed by atoms with Gasteiger partial charge in [0.05, 0.1) is 13.2 Å². The molecule has 0 radical (unpaired) electrons. The number of benzene rings is 2. The average molecular weight is 479 g/mol. The zero-order chi connectivity index (χ0) is 24.5. The Hall–Kier alpha value is -2.90. The summed E-state index contributed by atoms with van der Waals surface area (Å²) in [5, 5.41) is 6.09. The third kappa shape index (κ3) is 7.29. The highest BCUT2D eigenvalue weighted by Gasteiger charge is 2.25. The number of nitrogens with one attached hydrogen (secondary N) is 2. The Morgan fingerprint density at radius 2 is 1.86 bits per heavy atom. The Balaban J connectivity index is 1.28. The molecule has 1 unspecified atom stereocenters. The van der Waals surface area contributed by atoms with Crippen LogP contribution in [0.5, 0.6) is 0 Å². The predicted octanol–water partition coefficient (Wildman–Crippen LogP) is 4.11. The van der Waals surface area contributed by atoms with Gasteiger partial charge in [-0.15, -0.1) is 0 Å². The first-order valence-corrected chi connectivity index (χ1v) is 13.0. The summed E-state index contributed by atoms with van der Waals surface area (Å²) in [6.07, 6.45) is 3.87. The maximum atomic E-state index is 12.9. The lowest BCUT2D eigenvalue weighted by atomic mass is 9.89. The molecule has 0 saturated carbocycles. The molecule has 2 aromatic rings. The molecule has 2 aromatic carbocycles. The van der Waals surface area contributed by atoms with Gasteiger partial charge in [-0.3, -0.25) is 9.69 Å². The summed E-state index contributed by atoms with van der Waals surface area (Å²) < 4.78 is 5.38. The van der Waals surface area contributed by atoms with Crippen molar-refractivity contribution < 1.29 is 14.3 Å². The van der Waals surface area contributed by atoms with Gasteiger partial charge in [-0.2, -0.15) is 0 Å². The average Bonchev–Trinajstić information content (AvgIpc) is 2.92. The number of carbonyl (C=O) groups is 2. The molecular formula is C28H38N4O3. The highest BCUT2D eigenvalue weighted by atomic mass is 16.5. The second-order valence-electron chi connectivity index (χ2n) is 9.45. The molecule has 0 spiro atoms. The van der Waals surface area contributed by atoms with E-state index in [9.17, 15) is 9.59 Å². The fraction of sp³-hybridized carbons (Fsp3) is 0.500. The van der Waals surface area contributed by atoms with Crippen molar-refractivity contribution in [3.05, 3.63) is 65.2 Å². The van der Waals surface area contributed by atoms with Gasteiger partial charge in [0.15, 0.2) is 0 Å². The predicted molar refractivity (Wildman–Crippen MR) is 139 cm³/mol. The number of likely N-dealkylation sites (tertiary alicyclic amines) is 1. The van der Waals surface area contributed by atoms with Gasteiger partial charge in [0, 0.05) is 49.9 Å². The van der Waals surface area contributed by atoms with Gasteiger partial charge in [-0.1, -0.05) is 31.2 Å². The molecule has 0 aliphatic carbocycles. The van der Waals surface area contributed by atoms with Gasteiger partial charge >= 0.3 is 6.03 Å². The van der Waals surface area contributed by atoms with Gasteiger partial charge in [0.2, 0.25) is 0 Å². The molecule has 7 heteroatoms. The molecule has 0 bridgehead atoms. The van der Waals surface area contributed by atoms with E-state index < -0.39 is 0 Å². The van der Waals surface area contributed by atoms with E-state index in [1.165, 1.54) is 5.56 Å². The normalized spacial score (nSPS) is 18.8. The van der Waals surface area contributed by atoms with E-state index in [1.54, 1.807) is 0 Å². The van der Waals surface area contributed by atoms with Gasteiger partial charge < -0.3 is 20.3 Å². The molecular weight excluding hydrogens is 440 g/mol. The number of hydrogen-bond acceptors (Lipinski definition) is 4. The number of ether oxygens (including phenoxy) is 1. The SMILES string of the molecule is CCc1ccc(NC(=O)N2CCCC(c3cccc(C(=O)NCCCN4CCOCC4)c3)C2)cc1. The zero-order valence-electron chi connectivity index (χ0n) is 20.8. The van der Waals surface area contributed by atoms with Crippen molar-refractivity contribution in [2.75, 3.05) is 57.8 Å². The molecule has 7 nitrogen and oxygen atoms in total. The number of urea groups is 1. The second kappa shape index (κ2) is 12.7. The molecule has 1 atom stereocenters. The Bertz CT molecular complexity index is 972. The largest absolute Gasteiger partial charge is 0.379 e. The van der Waals surface area contributed by atoms with Crippen LogP contribution in [0.4, 0.5) is 10.5 Å². The molecule has 35 heavy (non-hydrogen) atoms. The maximum absolute atomic E-state index is 12.9. The third-order valence-electron chi connectivity index (χ3n) is 6.98. The summed E-state index contributed by atoms with van der Waals surface area (Å²) in [5.74, 6) is 0.195. The Morgan fingerprint density at radius 3 is 2.63 bits per heavy atom. The molecule has 188 valence electrons. The van der Waals surface area contributed by atoms with E-state index in [4.69, 9.17) is 4.74 Å². The van der Waals surface area contributed by atoms with Crippen molar-refractivity contribution in [2.24, 2.45) is 0 Å². The van der Waals surface area contributed by atoms with E-state index >= 15 is 0 Å². The van der Waals surface area contributed by atoms with Gasteiger partial charge in [0.25, 0.3) is 5.91 Å². The molecule has 2 fully saturated rings. The Kier molecular flexibility index (Phi) is 9.15. The van der Waals surface area contributed by atoms with Crippen LogP contribution in [-0.4, -0.2) is 74.2 Å². The van der Waals surface area contributed by atoms with Crippen LogP contribution in [0, 0.1) is 0 Å². The molecule has 2 aliphatic heterocycles. The van der Waals surface area contributed by atoms with Gasteiger partial charge in [-0.25, -0.2) is 4.79 Å². The molecule has 2 heterocycles. The van der Waals surface area contributed by atoms with E-state index in [-0.39, 0.29) is 17.9 Å². The first-order valence-electron chi connectivity index (χ1n) is 13.0. The fourth-order valence-corrected chi connectivity index (χ4v) is 4.83. The van der Waals surface area contributed by atoms with Crippen LogP contribution in [0.1, 0.15) is 53.6 Å². The summed E-state index contributed by atoms with van der Waals surface area (Å²) in [6, 6.07) is 15.8. The summed E-state index contributed by atoms with van der Waals surface area (Å²) in [7, 11) is 0. The monoisotopic (exact) mass is 478 g/mol. The lowest BCUT2D eigenvalue weighted by Gasteiger charge is -2.33. The van der Waals surface area contributed by atoms with E-state index in [0.29, 0.717) is 18.7 Å². The highest BCUT2D eigenvalue weighted by Crippen LogP contribution is 2.28. The number of nitrogens with zero attached hydrogens (tertiary/aromatic N) is 2. The van der Waals surface area contributed by atoms with Crippen molar-refractivity contribution in [3.63, 3.8) is 0 Å². The minimum atomic E-state index is -0.0619. The molecule has 2 saturated heterocycles. The summed E-state index contributed by atoms with van der Waals surface area (Å²) >= 11 is 0. The number of aryl methyl sites for hydroxylation is 1. The van der Waals surface area contributed by atoms with Crippen LogP contribution in [0.15, 0.2) is 48.5 Å². The van der Waals surface area contributed by atoms with Crippen LogP contribution >= 0.6 is 0 Å². The van der Waals surface area contributed by atoms with Crippen molar-refractivity contribution in [3.8, 4) is 0 Å². The van der Waals surface area contributed by atoms with Crippen LogP contribution in [0.3, 0.4) is 0 Å². The number of piperidine rings is 1. The smallest absolute Gasteiger partial charge is 0.321 e.